The summed E-state index contributed by atoms with van der Waals surface area (Å²) in [6, 6.07) is 16.5. The van der Waals surface area contributed by atoms with E-state index in [1.54, 1.807) is 30.3 Å². The topological polar surface area (TPSA) is 101 Å². The molecule has 1 N–H and O–H groups in total. The molecule has 4 rings (SSSR count). The molecule has 1 aliphatic heterocycles. The summed E-state index contributed by atoms with van der Waals surface area (Å²) in [5.41, 5.74) is 0.831. The van der Waals surface area contributed by atoms with Crippen molar-refractivity contribution >= 4 is 11.9 Å². The Morgan fingerprint density at radius 2 is 1.77 bits per heavy atom. The minimum atomic E-state index is -0.710. The Balaban J connectivity index is 1.45. The van der Waals surface area contributed by atoms with E-state index in [1.807, 2.05) is 25.2 Å². The monoisotopic (exact) mass is 477 g/mol. The summed E-state index contributed by atoms with van der Waals surface area (Å²) < 4.78 is 16.2. The van der Waals surface area contributed by atoms with Gasteiger partial charge in [0.15, 0.2) is 0 Å². The van der Waals surface area contributed by atoms with Crippen LogP contribution in [0.5, 0.6) is 5.75 Å². The van der Waals surface area contributed by atoms with Crippen LogP contribution >= 0.6 is 0 Å². The summed E-state index contributed by atoms with van der Waals surface area (Å²) in [6.45, 7) is 1.90. The average Bonchev–Trinajstić information content (AvgIpc) is 3.69. The third kappa shape index (κ3) is 5.16. The van der Waals surface area contributed by atoms with Crippen molar-refractivity contribution in [1.82, 2.24) is 10.2 Å². The van der Waals surface area contributed by atoms with E-state index in [0.717, 1.165) is 18.4 Å². The molecule has 0 atom stereocenters. The highest BCUT2D eigenvalue weighted by Gasteiger charge is 2.51. The lowest BCUT2D eigenvalue weighted by Crippen LogP contribution is -2.62. The Bertz CT molecular complexity index is 1100. The Hall–Kier alpha value is -3.41. The Morgan fingerprint density at radius 1 is 1.09 bits per heavy atom. The number of amides is 1. The average molecular weight is 478 g/mol. The van der Waals surface area contributed by atoms with Crippen molar-refractivity contribution in [1.29, 1.82) is 5.26 Å². The first kappa shape index (κ1) is 24.7. The molecule has 2 aromatic rings. The molecule has 0 radical (unpaired) electrons. The number of ether oxygens (including phenoxy) is 3. The van der Waals surface area contributed by atoms with E-state index in [4.69, 9.17) is 14.2 Å². The maximum atomic E-state index is 13.8. The second-order valence-corrected chi connectivity index (χ2v) is 9.13. The SMILES string of the molecule is COC(=O)c1ccc(C2(NC(=O)C3(N(C)CCOc4ccccc4C#N)CCOCC3)CC2)cc1. The molecule has 0 spiro atoms. The molecule has 1 amide bonds. The molecule has 2 aliphatic rings. The first-order valence-corrected chi connectivity index (χ1v) is 11.9. The zero-order valence-electron chi connectivity index (χ0n) is 20.2. The minimum Gasteiger partial charge on any atom is -0.491 e. The molecule has 1 heterocycles. The van der Waals surface area contributed by atoms with Crippen LogP contribution in [-0.4, -0.2) is 62.8 Å². The largest absolute Gasteiger partial charge is 0.491 e. The summed E-state index contributed by atoms with van der Waals surface area (Å²) in [5, 5.41) is 12.6. The van der Waals surface area contributed by atoms with Crippen LogP contribution in [0.4, 0.5) is 0 Å². The van der Waals surface area contributed by atoms with Crippen molar-refractivity contribution in [3.05, 3.63) is 65.2 Å². The van der Waals surface area contributed by atoms with Crippen LogP contribution in [-0.2, 0) is 19.8 Å². The summed E-state index contributed by atoms with van der Waals surface area (Å²) in [6.07, 6.45) is 2.87. The van der Waals surface area contributed by atoms with Gasteiger partial charge in [-0.1, -0.05) is 24.3 Å². The standard InChI is InChI=1S/C27H31N3O5/c1-30(15-18-35-23-6-4-3-5-21(23)19-28)27(13-16-34-17-14-27)25(32)29-26(11-12-26)22-9-7-20(8-10-22)24(31)33-2/h3-10H,11-18H2,1-2H3,(H,29,32). The Labute approximate surface area is 205 Å². The molecule has 1 saturated heterocycles. The summed E-state index contributed by atoms with van der Waals surface area (Å²) in [4.78, 5) is 27.6. The van der Waals surface area contributed by atoms with Crippen LogP contribution in [0.3, 0.4) is 0 Å². The number of carbonyl (C=O) groups is 2. The highest BCUT2D eigenvalue weighted by molar-refractivity contribution is 5.89. The van der Waals surface area contributed by atoms with Crippen molar-refractivity contribution in [3.8, 4) is 11.8 Å². The number of para-hydroxylation sites is 1. The summed E-state index contributed by atoms with van der Waals surface area (Å²) >= 11 is 0. The normalized spacial score (nSPS) is 17.8. The maximum Gasteiger partial charge on any atom is 0.337 e. The number of nitrogens with one attached hydrogen (secondary N) is 1. The summed E-state index contributed by atoms with van der Waals surface area (Å²) in [5.74, 6) is 0.143. The van der Waals surface area contributed by atoms with Gasteiger partial charge in [-0.25, -0.2) is 4.79 Å². The molecule has 0 bridgehead atoms. The second-order valence-electron chi connectivity index (χ2n) is 9.13. The fourth-order valence-electron chi connectivity index (χ4n) is 4.67. The molecular formula is C27H31N3O5. The van der Waals surface area contributed by atoms with Crippen molar-refractivity contribution in [2.75, 3.05) is 40.5 Å². The molecule has 0 unspecified atom stereocenters. The van der Waals surface area contributed by atoms with Gasteiger partial charge in [0.2, 0.25) is 5.91 Å². The van der Waals surface area contributed by atoms with Crippen LogP contribution in [0.25, 0.3) is 0 Å². The van der Waals surface area contributed by atoms with Crippen LogP contribution in [0.15, 0.2) is 48.5 Å². The van der Waals surface area contributed by atoms with Crippen LogP contribution in [0.1, 0.15) is 47.2 Å². The van der Waals surface area contributed by atoms with E-state index in [2.05, 4.69) is 16.3 Å². The molecule has 184 valence electrons. The van der Waals surface area contributed by atoms with Gasteiger partial charge in [-0.2, -0.15) is 5.26 Å². The third-order valence-electron chi connectivity index (χ3n) is 7.13. The Kier molecular flexibility index (Phi) is 7.39. The molecule has 35 heavy (non-hydrogen) atoms. The van der Waals surface area contributed by atoms with Gasteiger partial charge >= 0.3 is 5.97 Å². The van der Waals surface area contributed by atoms with E-state index in [9.17, 15) is 14.9 Å². The number of rotatable bonds is 9. The number of esters is 1. The highest BCUT2D eigenvalue weighted by Crippen LogP contribution is 2.46. The third-order valence-corrected chi connectivity index (χ3v) is 7.13. The minimum absolute atomic E-state index is 0.0183. The number of nitriles is 1. The fourth-order valence-corrected chi connectivity index (χ4v) is 4.67. The summed E-state index contributed by atoms with van der Waals surface area (Å²) in [7, 11) is 3.30. The van der Waals surface area contributed by atoms with Gasteiger partial charge in [0.25, 0.3) is 0 Å². The number of nitrogens with zero attached hydrogens (tertiary/aromatic N) is 2. The second kappa shape index (κ2) is 10.5. The van der Waals surface area contributed by atoms with Crippen LogP contribution in [0, 0.1) is 11.3 Å². The van der Waals surface area contributed by atoms with Gasteiger partial charge < -0.3 is 19.5 Å². The fraction of sp³-hybridized carbons (Fsp3) is 0.444. The molecule has 0 aromatic heterocycles. The first-order chi connectivity index (χ1) is 16.9. The van der Waals surface area contributed by atoms with Gasteiger partial charge in [-0.05, 0) is 62.6 Å². The molecule has 1 aliphatic carbocycles. The van der Waals surface area contributed by atoms with Gasteiger partial charge in [0, 0.05) is 19.8 Å². The zero-order chi connectivity index (χ0) is 24.9. The predicted molar refractivity (Wildman–Crippen MR) is 129 cm³/mol. The van der Waals surface area contributed by atoms with Crippen molar-refractivity contribution in [2.24, 2.45) is 0 Å². The number of carbonyl (C=O) groups excluding carboxylic acids is 2. The molecule has 8 heteroatoms. The van der Waals surface area contributed by atoms with E-state index < -0.39 is 11.1 Å². The quantitative estimate of drug-likeness (QED) is 0.554. The molecule has 2 fully saturated rings. The van der Waals surface area contributed by atoms with E-state index in [-0.39, 0.29) is 11.9 Å². The lowest BCUT2D eigenvalue weighted by atomic mass is 9.86. The number of benzene rings is 2. The smallest absolute Gasteiger partial charge is 0.337 e. The van der Waals surface area contributed by atoms with Crippen LogP contribution in [0.2, 0.25) is 0 Å². The lowest BCUT2D eigenvalue weighted by molar-refractivity contribution is -0.140. The number of hydrogen-bond donors (Lipinski definition) is 1. The lowest BCUT2D eigenvalue weighted by Gasteiger charge is -2.43. The van der Waals surface area contributed by atoms with Crippen molar-refractivity contribution in [3.63, 3.8) is 0 Å². The zero-order valence-corrected chi connectivity index (χ0v) is 20.2. The van der Waals surface area contributed by atoms with E-state index >= 15 is 0 Å². The van der Waals surface area contributed by atoms with Crippen molar-refractivity contribution < 1.29 is 23.8 Å². The maximum absolute atomic E-state index is 13.8. The molecule has 8 nitrogen and oxygen atoms in total. The predicted octanol–water partition coefficient (Wildman–Crippen LogP) is 3.01. The van der Waals surface area contributed by atoms with Crippen LogP contribution < -0.4 is 10.1 Å². The number of methoxy groups -OCH3 is 1. The van der Waals surface area contributed by atoms with E-state index in [0.29, 0.717) is 56.1 Å². The number of hydrogen-bond acceptors (Lipinski definition) is 7. The molecule has 2 aromatic carbocycles. The highest BCUT2D eigenvalue weighted by atomic mass is 16.5. The van der Waals surface area contributed by atoms with Gasteiger partial charge in [0.05, 0.1) is 23.8 Å². The molecular weight excluding hydrogens is 446 g/mol. The molecule has 1 saturated carbocycles. The van der Waals surface area contributed by atoms with E-state index in [1.165, 1.54) is 7.11 Å². The van der Waals surface area contributed by atoms with Gasteiger partial charge in [0.1, 0.15) is 24.0 Å². The Morgan fingerprint density at radius 3 is 2.40 bits per heavy atom. The van der Waals surface area contributed by atoms with Crippen molar-refractivity contribution in [2.45, 2.75) is 36.8 Å². The van der Waals surface area contributed by atoms with Gasteiger partial charge in [-0.15, -0.1) is 0 Å². The first-order valence-electron chi connectivity index (χ1n) is 11.9. The number of likely N-dealkylation sites (N-methyl/N-ethyl adjacent to an activating group) is 1. The van der Waals surface area contributed by atoms with Gasteiger partial charge in [-0.3, -0.25) is 9.69 Å².